The van der Waals surface area contributed by atoms with E-state index in [0.29, 0.717) is 12.1 Å². The lowest BCUT2D eigenvalue weighted by molar-refractivity contribution is -0.139. The van der Waals surface area contributed by atoms with Crippen molar-refractivity contribution in [2.45, 2.75) is 11.2 Å². The van der Waals surface area contributed by atoms with Gasteiger partial charge < -0.3 is 10.6 Å². The minimum Gasteiger partial charge on any atom is -0.354 e. The largest absolute Gasteiger partial charge is 0.419 e. The fourth-order valence-electron chi connectivity index (χ4n) is 2.09. The van der Waals surface area contributed by atoms with Crippen LogP contribution in [-0.4, -0.2) is 50.6 Å². The molecule has 0 saturated carbocycles. The van der Waals surface area contributed by atoms with Crippen LogP contribution in [0.5, 0.6) is 0 Å². The number of amides is 1. The van der Waals surface area contributed by atoms with E-state index in [9.17, 15) is 26.6 Å². The van der Waals surface area contributed by atoms with Crippen LogP contribution >= 0.6 is 11.8 Å². The molecule has 2 aromatic rings. The van der Waals surface area contributed by atoms with Crippen molar-refractivity contribution < 1.29 is 31.2 Å². The number of rotatable bonds is 8. The second kappa shape index (κ2) is 9.42. The fourth-order valence-corrected chi connectivity index (χ4v) is 3.45. The molecule has 1 aromatic heterocycles. The molecule has 0 aliphatic carbocycles. The summed E-state index contributed by atoms with van der Waals surface area (Å²) in [4.78, 5) is 11.5. The van der Waals surface area contributed by atoms with Gasteiger partial charge in [0, 0.05) is 24.2 Å². The van der Waals surface area contributed by atoms with Crippen LogP contribution in [0.4, 0.5) is 23.2 Å². The maximum absolute atomic E-state index is 13.4. The molecule has 0 aliphatic heterocycles. The van der Waals surface area contributed by atoms with Gasteiger partial charge in [0.2, 0.25) is 5.91 Å². The van der Waals surface area contributed by atoms with E-state index in [1.807, 2.05) is 0 Å². The normalized spacial score (nSPS) is 13.5. The fraction of sp³-hybridized carbons (Fsp3) is 0.333. The van der Waals surface area contributed by atoms with Crippen molar-refractivity contribution in [1.29, 1.82) is 10.2 Å². The summed E-state index contributed by atoms with van der Waals surface area (Å²) in [7, 11) is -2.95. The number of thioether (sulfide) groups is 1. The first kappa shape index (κ1) is 23.6. The minimum atomic E-state index is -4.89. The standard InChI is InChI=1S/C15H16F4N6O3S2/c1-30(21,27)7-11(26)22-4-5-29-14-12(24-28-25-14)13(20)23-8-2-3-10(16)9(6-8)15(17,18)19/h2-3,6,21H,4-5,7H2,1H3,(H2,20,23)(H,22,26). The summed E-state index contributed by atoms with van der Waals surface area (Å²) in [6.45, 7) is 0.138. The zero-order chi connectivity index (χ0) is 22.5. The van der Waals surface area contributed by atoms with Crippen LogP contribution in [0.2, 0.25) is 0 Å². The van der Waals surface area contributed by atoms with Crippen LogP contribution in [-0.2, 0) is 20.7 Å². The number of nitrogens with zero attached hydrogens (tertiary/aromatic N) is 2. The lowest BCUT2D eigenvalue weighted by atomic mass is 10.1. The summed E-state index contributed by atoms with van der Waals surface area (Å²) in [6.07, 6.45) is -3.75. The van der Waals surface area contributed by atoms with Crippen molar-refractivity contribution in [3.8, 4) is 0 Å². The predicted octanol–water partition coefficient (Wildman–Crippen LogP) is 2.55. The number of alkyl halides is 3. The van der Waals surface area contributed by atoms with E-state index >= 15 is 0 Å². The van der Waals surface area contributed by atoms with Crippen molar-refractivity contribution >= 4 is 38.9 Å². The molecule has 0 fully saturated rings. The molecule has 1 heterocycles. The molecule has 1 amide bonds. The van der Waals surface area contributed by atoms with Crippen LogP contribution in [0.15, 0.2) is 27.9 Å². The second-order valence-corrected chi connectivity index (χ2v) is 9.34. The Bertz CT molecular complexity index is 1040. The number of nitrogens with one attached hydrogen (secondary N) is 4. The number of anilines is 1. The van der Waals surface area contributed by atoms with Gasteiger partial charge in [-0.15, -0.1) is 0 Å². The number of amidine groups is 1. The highest BCUT2D eigenvalue weighted by molar-refractivity contribution is 7.99. The summed E-state index contributed by atoms with van der Waals surface area (Å²) in [5.41, 5.74) is -1.75. The summed E-state index contributed by atoms with van der Waals surface area (Å²) >= 11 is 1.04. The molecular formula is C15H16F4N6O3S2. The van der Waals surface area contributed by atoms with Gasteiger partial charge in [-0.3, -0.25) is 15.0 Å². The van der Waals surface area contributed by atoms with Crippen LogP contribution in [0.3, 0.4) is 0 Å². The SMILES string of the molecule is CS(=N)(=O)CC(=O)NCCSc1nonc1C(=N)Nc1ccc(F)c(C(F)(F)F)c1. The minimum absolute atomic E-state index is 0.0908. The molecule has 15 heteroatoms. The molecule has 1 atom stereocenters. The third-order valence-corrected chi connectivity index (χ3v) is 5.07. The molecule has 1 aromatic carbocycles. The van der Waals surface area contributed by atoms with Crippen LogP contribution in [0, 0.1) is 16.0 Å². The first-order valence-corrected chi connectivity index (χ1v) is 11.1. The summed E-state index contributed by atoms with van der Waals surface area (Å²) in [5, 5.41) is 20.1. The highest BCUT2D eigenvalue weighted by Gasteiger charge is 2.34. The number of hydrogen-bond donors (Lipinski definition) is 4. The van der Waals surface area contributed by atoms with Gasteiger partial charge in [0.25, 0.3) is 0 Å². The predicted molar refractivity (Wildman–Crippen MR) is 102 cm³/mol. The lowest BCUT2D eigenvalue weighted by Gasteiger charge is -2.11. The van der Waals surface area contributed by atoms with Crippen molar-refractivity contribution in [2.24, 2.45) is 0 Å². The maximum atomic E-state index is 13.4. The summed E-state index contributed by atoms with van der Waals surface area (Å²) in [5.74, 6) is -2.59. The molecule has 0 aliphatic rings. The third kappa shape index (κ3) is 6.98. The molecule has 4 N–H and O–H groups in total. The Labute approximate surface area is 172 Å². The van der Waals surface area contributed by atoms with Crippen molar-refractivity contribution in [1.82, 2.24) is 15.6 Å². The molecule has 1 unspecified atom stereocenters. The highest BCUT2D eigenvalue weighted by Crippen LogP contribution is 2.33. The van der Waals surface area contributed by atoms with Crippen molar-refractivity contribution in [3.63, 3.8) is 0 Å². The number of carbonyl (C=O) groups is 1. The van der Waals surface area contributed by atoms with Gasteiger partial charge >= 0.3 is 6.18 Å². The zero-order valence-electron chi connectivity index (χ0n) is 15.3. The van der Waals surface area contributed by atoms with Gasteiger partial charge in [-0.05, 0) is 28.5 Å². The van der Waals surface area contributed by atoms with Gasteiger partial charge in [-0.1, -0.05) is 11.8 Å². The Hall–Kier alpha value is -2.68. The summed E-state index contributed by atoms with van der Waals surface area (Å²) in [6, 6.07) is 2.19. The van der Waals surface area contributed by atoms with E-state index in [-0.39, 0.29) is 28.7 Å². The van der Waals surface area contributed by atoms with Crippen LogP contribution < -0.4 is 10.6 Å². The Kier molecular flexibility index (Phi) is 7.41. The van der Waals surface area contributed by atoms with E-state index in [4.69, 9.17) is 10.2 Å². The van der Waals surface area contributed by atoms with E-state index in [1.165, 1.54) is 0 Å². The Morgan fingerprint density at radius 3 is 2.67 bits per heavy atom. The number of carbonyl (C=O) groups excluding carboxylic acids is 1. The van der Waals surface area contributed by atoms with Crippen LogP contribution in [0.1, 0.15) is 11.3 Å². The quantitative estimate of drug-likeness (QED) is 0.153. The van der Waals surface area contributed by atoms with E-state index in [0.717, 1.165) is 24.1 Å². The number of benzene rings is 1. The molecular weight excluding hydrogens is 452 g/mol. The topological polar surface area (TPSA) is 145 Å². The Morgan fingerprint density at radius 2 is 2.03 bits per heavy atom. The number of aromatic nitrogens is 2. The van der Waals surface area contributed by atoms with Gasteiger partial charge in [0.05, 0.1) is 15.3 Å². The molecule has 2 rings (SSSR count). The van der Waals surface area contributed by atoms with Gasteiger partial charge in [-0.25, -0.2) is 13.2 Å². The smallest absolute Gasteiger partial charge is 0.354 e. The third-order valence-electron chi connectivity index (χ3n) is 3.31. The molecule has 30 heavy (non-hydrogen) atoms. The first-order chi connectivity index (χ1) is 13.9. The van der Waals surface area contributed by atoms with Crippen molar-refractivity contribution in [2.75, 3.05) is 29.6 Å². The average Bonchev–Trinajstić information content (AvgIpc) is 3.06. The van der Waals surface area contributed by atoms with Crippen LogP contribution in [0.25, 0.3) is 0 Å². The molecule has 164 valence electrons. The molecule has 0 radical (unpaired) electrons. The number of hydrogen-bond acceptors (Lipinski definition) is 8. The van der Waals surface area contributed by atoms with Gasteiger partial charge in [0.1, 0.15) is 11.6 Å². The second-order valence-electron chi connectivity index (χ2n) is 5.96. The lowest BCUT2D eigenvalue weighted by Crippen LogP contribution is -2.31. The van der Waals surface area contributed by atoms with E-state index in [1.54, 1.807) is 0 Å². The van der Waals surface area contributed by atoms with Gasteiger partial charge in [0.15, 0.2) is 16.6 Å². The van der Waals surface area contributed by atoms with E-state index in [2.05, 4.69) is 25.6 Å². The highest BCUT2D eigenvalue weighted by atomic mass is 32.2. The van der Waals surface area contributed by atoms with Gasteiger partial charge in [-0.2, -0.15) is 13.2 Å². The first-order valence-electron chi connectivity index (χ1n) is 8.03. The van der Waals surface area contributed by atoms with E-state index < -0.39 is 44.8 Å². The average molecular weight is 468 g/mol. The zero-order valence-corrected chi connectivity index (χ0v) is 16.9. The molecule has 9 nitrogen and oxygen atoms in total. The Balaban J connectivity index is 1.97. The monoisotopic (exact) mass is 468 g/mol. The maximum Gasteiger partial charge on any atom is 0.419 e. The Morgan fingerprint density at radius 1 is 1.33 bits per heavy atom. The molecule has 0 bridgehead atoms. The molecule has 0 spiro atoms. The van der Waals surface area contributed by atoms with Crippen molar-refractivity contribution in [3.05, 3.63) is 35.3 Å². The number of halogens is 4. The summed E-state index contributed by atoms with van der Waals surface area (Å²) < 4.78 is 74.8. The molecule has 0 saturated heterocycles.